The van der Waals surface area contributed by atoms with Gasteiger partial charge < -0.3 is 10.4 Å². The highest BCUT2D eigenvalue weighted by molar-refractivity contribution is 5.78. The maximum atomic E-state index is 11.7. The number of aromatic amines is 1. The van der Waals surface area contributed by atoms with Crippen LogP contribution in [0.5, 0.6) is 0 Å². The summed E-state index contributed by atoms with van der Waals surface area (Å²) in [7, 11) is 0. The highest BCUT2D eigenvalue weighted by Gasteiger charge is 2.15. The molecule has 0 fully saturated rings. The molecule has 3 N–H and O–H groups in total. The van der Waals surface area contributed by atoms with E-state index in [-0.39, 0.29) is 18.6 Å². The van der Waals surface area contributed by atoms with Crippen LogP contribution >= 0.6 is 0 Å². The van der Waals surface area contributed by atoms with Crippen molar-refractivity contribution in [3.8, 4) is 0 Å². The first kappa shape index (κ1) is 12.7. The Morgan fingerprint density at radius 3 is 2.88 bits per heavy atom. The molecule has 90 valence electrons. The maximum absolute atomic E-state index is 11.7. The lowest BCUT2D eigenvalue weighted by Crippen LogP contribution is -2.40. The summed E-state index contributed by atoms with van der Waals surface area (Å²) >= 11 is 0. The van der Waals surface area contributed by atoms with Crippen LogP contribution in [-0.2, 0) is 11.2 Å². The minimum Gasteiger partial charge on any atom is -0.396 e. The number of carbonyl (C=O) groups excluding carboxylic acids is 1. The first-order valence-electron chi connectivity index (χ1n) is 5.52. The molecule has 0 bridgehead atoms. The molecule has 1 rings (SSSR count). The van der Waals surface area contributed by atoms with E-state index >= 15 is 0 Å². The Labute approximate surface area is 95.3 Å². The van der Waals surface area contributed by atoms with E-state index in [1.54, 1.807) is 12.3 Å². The second-order valence-corrected chi connectivity index (χ2v) is 4.19. The molecule has 1 atom stereocenters. The van der Waals surface area contributed by atoms with Crippen molar-refractivity contribution in [2.24, 2.45) is 5.92 Å². The fourth-order valence-corrected chi connectivity index (χ4v) is 1.53. The van der Waals surface area contributed by atoms with Gasteiger partial charge in [-0.2, -0.15) is 5.10 Å². The zero-order valence-electron chi connectivity index (χ0n) is 9.73. The molecule has 0 radical (unpaired) electrons. The Hall–Kier alpha value is -1.36. The van der Waals surface area contributed by atoms with E-state index in [0.717, 1.165) is 5.69 Å². The summed E-state index contributed by atoms with van der Waals surface area (Å²) < 4.78 is 0. The van der Waals surface area contributed by atoms with E-state index < -0.39 is 0 Å². The standard InChI is InChI=1S/C11H19N3O2/c1-8(2)10(4-6-15)13-11(16)7-9-3-5-12-14-9/h3,5,8,10,15H,4,6-7H2,1-2H3,(H,12,14)(H,13,16). The molecule has 0 saturated carbocycles. The number of rotatable bonds is 6. The van der Waals surface area contributed by atoms with Crippen LogP contribution in [0.15, 0.2) is 12.3 Å². The molecule has 0 aromatic carbocycles. The van der Waals surface area contributed by atoms with E-state index in [9.17, 15) is 4.79 Å². The van der Waals surface area contributed by atoms with Gasteiger partial charge in [0.05, 0.1) is 6.42 Å². The molecule has 1 aromatic rings. The average molecular weight is 225 g/mol. The summed E-state index contributed by atoms with van der Waals surface area (Å²) in [6.07, 6.45) is 2.51. The molecule has 1 unspecified atom stereocenters. The molecular formula is C11H19N3O2. The van der Waals surface area contributed by atoms with Gasteiger partial charge in [-0.05, 0) is 18.4 Å². The first-order chi connectivity index (χ1) is 7.63. The predicted molar refractivity (Wildman–Crippen MR) is 60.8 cm³/mol. The third kappa shape index (κ3) is 4.02. The molecule has 0 aliphatic rings. The fraction of sp³-hybridized carbons (Fsp3) is 0.636. The zero-order valence-corrected chi connectivity index (χ0v) is 9.73. The lowest BCUT2D eigenvalue weighted by Gasteiger charge is -2.21. The molecule has 1 heterocycles. The van der Waals surface area contributed by atoms with Gasteiger partial charge >= 0.3 is 0 Å². The van der Waals surface area contributed by atoms with Crippen molar-refractivity contribution in [1.82, 2.24) is 15.5 Å². The molecule has 0 saturated heterocycles. The normalized spacial score (nSPS) is 12.8. The van der Waals surface area contributed by atoms with Crippen LogP contribution in [0.25, 0.3) is 0 Å². The number of hydrogen-bond acceptors (Lipinski definition) is 3. The van der Waals surface area contributed by atoms with Crippen molar-refractivity contribution in [2.45, 2.75) is 32.7 Å². The summed E-state index contributed by atoms with van der Waals surface area (Å²) in [5.41, 5.74) is 0.795. The lowest BCUT2D eigenvalue weighted by molar-refractivity contribution is -0.121. The highest BCUT2D eigenvalue weighted by atomic mass is 16.3. The molecule has 1 aromatic heterocycles. The Kier molecular flexibility index (Phi) is 4.98. The van der Waals surface area contributed by atoms with Crippen LogP contribution in [0, 0.1) is 5.92 Å². The van der Waals surface area contributed by atoms with Gasteiger partial charge in [0.1, 0.15) is 0 Å². The van der Waals surface area contributed by atoms with E-state index in [1.807, 2.05) is 13.8 Å². The van der Waals surface area contributed by atoms with Gasteiger partial charge in [0.2, 0.25) is 5.91 Å². The summed E-state index contributed by atoms with van der Waals surface area (Å²) in [6, 6.07) is 1.80. The minimum atomic E-state index is -0.0450. The number of amides is 1. The molecule has 0 aliphatic heterocycles. The number of H-pyrrole nitrogens is 1. The maximum Gasteiger partial charge on any atom is 0.226 e. The van der Waals surface area contributed by atoms with Gasteiger partial charge in [-0.15, -0.1) is 0 Å². The second-order valence-electron chi connectivity index (χ2n) is 4.19. The van der Waals surface area contributed by atoms with Crippen molar-refractivity contribution >= 4 is 5.91 Å². The monoisotopic (exact) mass is 225 g/mol. The van der Waals surface area contributed by atoms with Crippen molar-refractivity contribution in [2.75, 3.05) is 6.61 Å². The van der Waals surface area contributed by atoms with Crippen LogP contribution in [0.4, 0.5) is 0 Å². The Bertz CT molecular complexity index is 309. The topological polar surface area (TPSA) is 78.0 Å². The molecule has 16 heavy (non-hydrogen) atoms. The largest absolute Gasteiger partial charge is 0.396 e. The fourth-order valence-electron chi connectivity index (χ4n) is 1.53. The molecule has 5 heteroatoms. The van der Waals surface area contributed by atoms with Crippen LogP contribution in [-0.4, -0.2) is 33.9 Å². The van der Waals surface area contributed by atoms with Gasteiger partial charge in [0, 0.05) is 24.5 Å². The van der Waals surface area contributed by atoms with Gasteiger partial charge in [0.15, 0.2) is 0 Å². The van der Waals surface area contributed by atoms with Gasteiger partial charge in [-0.25, -0.2) is 0 Å². The van der Waals surface area contributed by atoms with Crippen molar-refractivity contribution in [1.29, 1.82) is 0 Å². The average Bonchev–Trinajstić information content (AvgIpc) is 2.69. The minimum absolute atomic E-state index is 0.0282. The summed E-state index contributed by atoms with van der Waals surface area (Å²) in [5, 5.41) is 18.3. The van der Waals surface area contributed by atoms with Gasteiger partial charge in [0.25, 0.3) is 0 Å². The smallest absolute Gasteiger partial charge is 0.226 e. The van der Waals surface area contributed by atoms with E-state index in [4.69, 9.17) is 5.11 Å². The summed E-state index contributed by atoms with van der Waals surface area (Å²) in [4.78, 5) is 11.7. The van der Waals surface area contributed by atoms with Gasteiger partial charge in [-0.1, -0.05) is 13.8 Å². The number of hydrogen-bond donors (Lipinski definition) is 3. The van der Waals surface area contributed by atoms with Crippen molar-refractivity contribution < 1.29 is 9.90 Å². The Morgan fingerprint density at radius 1 is 1.62 bits per heavy atom. The van der Waals surface area contributed by atoms with Gasteiger partial charge in [-0.3, -0.25) is 9.89 Å². The molecule has 1 amide bonds. The van der Waals surface area contributed by atoms with Crippen molar-refractivity contribution in [3.05, 3.63) is 18.0 Å². The summed E-state index contributed by atoms with van der Waals surface area (Å²) in [5.74, 6) is 0.272. The molecule has 0 spiro atoms. The number of nitrogens with one attached hydrogen (secondary N) is 2. The number of nitrogens with zero attached hydrogens (tertiary/aromatic N) is 1. The lowest BCUT2D eigenvalue weighted by atomic mass is 10.0. The van der Waals surface area contributed by atoms with Crippen LogP contribution in [0.1, 0.15) is 26.0 Å². The van der Waals surface area contributed by atoms with E-state index in [0.29, 0.717) is 18.8 Å². The summed E-state index contributed by atoms with van der Waals surface area (Å²) in [6.45, 7) is 4.14. The Balaban J connectivity index is 2.42. The second kappa shape index (κ2) is 6.27. The van der Waals surface area contributed by atoms with E-state index in [2.05, 4.69) is 15.5 Å². The SMILES string of the molecule is CC(C)C(CCO)NC(=O)Cc1ccn[nH]1. The number of aliphatic hydroxyl groups is 1. The molecule has 5 nitrogen and oxygen atoms in total. The van der Waals surface area contributed by atoms with Crippen LogP contribution in [0.2, 0.25) is 0 Å². The number of carbonyl (C=O) groups is 1. The first-order valence-corrected chi connectivity index (χ1v) is 5.52. The Morgan fingerprint density at radius 2 is 2.38 bits per heavy atom. The predicted octanol–water partition coefficient (Wildman–Crippen LogP) is 0.475. The van der Waals surface area contributed by atoms with Crippen molar-refractivity contribution in [3.63, 3.8) is 0 Å². The molecular weight excluding hydrogens is 206 g/mol. The number of aliphatic hydroxyl groups excluding tert-OH is 1. The quantitative estimate of drug-likeness (QED) is 0.658. The third-order valence-corrected chi connectivity index (χ3v) is 2.50. The third-order valence-electron chi connectivity index (χ3n) is 2.50. The zero-order chi connectivity index (χ0) is 12.0. The number of aromatic nitrogens is 2. The van der Waals surface area contributed by atoms with Crippen LogP contribution < -0.4 is 5.32 Å². The molecule has 0 aliphatic carbocycles. The highest BCUT2D eigenvalue weighted by Crippen LogP contribution is 2.06. The van der Waals surface area contributed by atoms with Crippen LogP contribution in [0.3, 0.4) is 0 Å². The van der Waals surface area contributed by atoms with E-state index in [1.165, 1.54) is 0 Å².